The molecule has 1 amide bonds. The van der Waals surface area contributed by atoms with Crippen LogP contribution in [0.1, 0.15) is 45.1 Å². The van der Waals surface area contributed by atoms with Gasteiger partial charge in [0.1, 0.15) is 5.75 Å². The van der Waals surface area contributed by atoms with Crippen molar-refractivity contribution < 1.29 is 9.53 Å². The van der Waals surface area contributed by atoms with Crippen molar-refractivity contribution in [3.05, 3.63) is 29.8 Å². The van der Waals surface area contributed by atoms with Gasteiger partial charge in [0.15, 0.2) is 6.10 Å². The van der Waals surface area contributed by atoms with Crippen LogP contribution < -0.4 is 10.1 Å². The fraction of sp³-hybridized carbons (Fsp3) is 0.588. The van der Waals surface area contributed by atoms with Gasteiger partial charge in [-0.3, -0.25) is 4.79 Å². The summed E-state index contributed by atoms with van der Waals surface area (Å²) in [4.78, 5) is 12.1. The molecule has 1 fully saturated rings. The molecule has 3 nitrogen and oxygen atoms in total. The molecule has 1 saturated carbocycles. The molecule has 0 saturated heterocycles. The zero-order chi connectivity index (χ0) is 14.5. The highest BCUT2D eigenvalue weighted by molar-refractivity contribution is 5.81. The van der Waals surface area contributed by atoms with Gasteiger partial charge in [-0.25, -0.2) is 0 Å². The molecule has 110 valence electrons. The maximum atomic E-state index is 12.1. The van der Waals surface area contributed by atoms with Crippen molar-refractivity contribution in [3.8, 4) is 5.75 Å². The largest absolute Gasteiger partial charge is 0.481 e. The number of carbonyl (C=O) groups excluding carboxylic acids is 1. The van der Waals surface area contributed by atoms with Crippen LogP contribution in [0.3, 0.4) is 0 Å². The number of amides is 1. The van der Waals surface area contributed by atoms with E-state index in [2.05, 4.69) is 12.2 Å². The molecule has 1 atom stereocenters. The second-order valence-electron chi connectivity index (χ2n) is 6.04. The summed E-state index contributed by atoms with van der Waals surface area (Å²) in [6.07, 6.45) is 4.14. The van der Waals surface area contributed by atoms with Crippen LogP contribution in [0, 0.1) is 12.8 Å². The van der Waals surface area contributed by atoms with Crippen molar-refractivity contribution in [1.29, 1.82) is 0 Å². The number of hydrogen-bond donors (Lipinski definition) is 1. The summed E-state index contributed by atoms with van der Waals surface area (Å²) in [5.41, 5.74) is 1.19. The fourth-order valence-electron chi connectivity index (χ4n) is 2.60. The minimum atomic E-state index is -0.447. The van der Waals surface area contributed by atoms with Gasteiger partial charge in [-0.2, -0.15) is 0 Å². The number of rotatable bonds is 4. The smallest absolute Gasteiger partial charge is 0.260 e. The van der Waals surface area contributed by atoms with Gasteiger partial charge in [0.25, 0.3) is 5.91 Å². The van der Waals surface area contributed by atoms with Gasteiger partial charge in [0, 0.05) is 6.04 Å². The Bertz CT molecular complexity index is 433. The average Bonchev–Trinajstić information content (AvgIpc) is 2.44. The van der Waals surface area contributed by atoms with E-state index in [1.165, 1.54) is 18.4 Å². The van der Waals surface area contributed by atoms with Crippen LogP contribution in [0.4, 0.5) is 0 Å². The molecule has 2 rings (SSSR count). The lowest BCUT2D eigenvalue weighted by Crippen LogP contribution is -2.43. The van der Waals surface area contributed by atoms with E-state index >= 15 is 0 Å². The van der Waals surface area contributed by atoms with Crippen molar-refractivity contribution in [2.45, 2.75) is 58.6 Å². The Morgan fingerprint density at radius 2 is 1.80 bits per heavy atom. The van der Waals surface area contributed by atoms with E-state index in [1.807, 2.05) is 31.2 Å². The summed E-state index contributed by atoms with van der Waals surface area (Å²) in [7, 11) is 0. The summed E-state index contributed by atoms with van der Waals surface area (Å²) < 4.78 is 5.68. The molecule has 1 aliphatic carbocycles. The highest BCUT2D eigenvalue weighted by atomic mass is 16.5. The van der Waals surface area contributed by atoms with Crippen LogP contribution in [-0.2, 0) is 4.79 Å². The van der Waals surface area contributed by atoms with Gasteiger partial charge in [0.2, 0.25) is 0 Å². The minimum absolute atomic E-state index is 0.00914. The van der Waals surface area contributed by atoms with Crippen molar-refractivity contribution in [3.63, 3.8) is 0 Å². The summed E-state index contributed by atoms with van der Waals surface area (Å²) >= 11 is 0. The van der Waals surface area contributed by atoms with E-state index in [4.69, 9.17) is 4.74 Å². The highest BCUT2D eigenvalue weighted by Crippen LogP contribution is 2.23. The van der Waals surface area contributed by atoms with E-state index in [1.54, 1.807) is 6.92 Å². The third kappa shape index (κ3) is 4.26. The summed E-state index contributed by atoms with van der Waals surface area (Å²) in [5, 5.41) is 3.11. The van der Waals surface area contributed by atoms with Gasteiger partial charge in [-0.1, -0.05) is 24.6 Å². The number of nitrogens with one attached hydrogen (secondary N) is 1. The average molecular weight is 275 g/mol. The number of aryl methyl sites for hydroxylation is 1. The molecule has 0 aliphatic heterocycles. The topological polar surface area (TPSA) is 38.3 Å². The molecule has 1 unspecified atom stereocenters. The first kappa shape index (κ1) is 14.9. The molecule has 0 bridgehead atoms. The van der Waals surface area contributed by atoms with Crippen LogP contribution >= 0.6 is 0 Å². The zero-order valence-corrected chi connectivity index (χ0v) is 12.7. The molecule has 1 aromatic rings. The molecule has 1 aliphatic rings. The molecular formula is C17H25NO2. The maximum absolute atomic E-state index is 12.1. The van der Waals surface area contributed by atoms with E-state index in [0.717, 1.165) is 24.5 Å². The lowest BCUT2D eigenvalue weighted by atomic mass is 9.87. The van der Waals surface area contributed by atoms with Crippen LogP contribution in [-0.4, -0.2) is 18.1 Å². The Balaban J connectivity index is 1.81. The standard InChI is InChI=1S/C17H25NO2/c1-12-4-8-15(9-5-12)18-17(19)14(3)20-16-10-6-13(2)7-11-16/h6-7,10-12,14-15H,4-5,8-9H2,1-3H3,(H,18,19). The van der Waals surface area contributed by atoms with Gasteiger partial charge in [0.05, 0.1) is 0 Å². The second-order valence-corrected chi connectivity index (χ2v) is 6.04. The van der Waals surface area contributed by atoms with Crippen molar-refractivity contribution in [2.75, 3.05) is 0 Å². The number of carbonyl (C=O) groups is 1. The first-order valence-electron chi connectivity index (χ1n) is 7.58. The molecule has 0 aromatic heterocycles. The Kier molecular flexibility index (Phi) is 5.05. The van der Waals surface area contributed by atoms with E-state index in [9.17, 15) is 4.79 Å². The number of benzene rings is 1. The molecule has 0 radical (unpaired) electrons. The van der Waals surface area contributed by atoms with Gasteiger partial charge in [-0.15, -0.1) is 0 Å². The van der Waals surface area contributed by atoms with Gasteiger partial charge in [-0.05, 0) is 57.6 Å². The van der Waals surface area contributed by atoms with Crippen molar-refractivity contribution in [2.24, 2.45) is 5.92 Å². The third-order valence-corrected chi connectivity index (χ3v) is 4.07. The fourth-order valence-corrected chi connectivity index (χ4v) is 2.60. The van der Waals surface area contributed by atoms with Gasteiger partial charge < -0.3 is 10.1 Å². The molecule has 1 aromatic carbocycles. The van der Waals surface area contributed by atoms with Gasteiger partial charge >= 0.3 is 0 Å². The second kappa shape index (κ2) is 6.78. The van der Waals surface area contributed by atoms with Crippen LogP contribution in [0.5, 0.6) is 5.75 Å². The third-order valence-electron chi connectivity index (χ3n) is 4.07. The van der Waals surface area contributed by atoms with E-state index in [0.29, 0.717) is 6.04 Å². The first-order valence-corrected chi connectivity index (χ1v) is 7.58. The van der Waals surface area contributed by atoms with Crippen LogP contribution in [0.15, 0.2) is 24.3 Å². The van der Waals surface area contributed by atoms with Crippen LogP contribution in [0.2, 0.25) is 0 Å². The minimum Gasteiger partial charge on any atom is -0.481 e. The van der Waals surface area contributed by atoms with Crippen molar-refractivity contribution >= 4 is 5.91 Å². The summed E-state index contributed by atoms with van der Waals surface area (Å²) in [6.45, 7) is 6.12. The Morgan fingerprint density at radius 1 is 1.20 bits per heavy atom. The predicted molar refractivity (Wildman–Crippen MR) is 80.8 cm³/mol. The summed E-state index contributed by atoms with van der Waals surface area (Å²) in [6, 6.07) is 8.11. The lowest BCUT2D eigenvalue weighted by molar-refractivity contribution is -0.128. The van der Waals surface area contributed by atoms with Crippen molar-refractivity contribution in [1.82, 2.24) is 5.32 Å². The quantitative estimate of drug-likeness (QED) is 0.914. The lowest BCUT2D eigenvalue weighted by Gasteiger charge is -2.28. The molecule has 3 heteroatoms. The van der Waals surface area contributed by atoms with E-state index in [-0.39, 0.29) is 5.91 Å². The molecule has 0 heterocycles. The summed E-state index contributed by atoms with van der Waals surface area (Å²) in [5.74, 6) is 1.53. The number of hydrogen-bond acceptors (Lipinski definition) is 2. The first-order chi connectivity index (χ1) is 9.54. The maximum Gasteiger partial charge on any atom is 0.260 e. The molecular weight excluding hydrogens is 250 g/mol. The predicted octanol–water partition coefficient (Wildman–Crippen LogP) is 3.46. The highest BCUT2D eigenvalue weighted by Gasteiger charge is 2.22. The number of ether oxygens (including phenoxy) is 1. The Morgan fingerprint density at radius 3 is 2.40 bits per heavy atom. The Hall–Kier alpha value is -1.51. The molecule has 20 heavy (non-hydrogen) atoms. The molecule has 0 spiro atoms. The van der Waals surface area contributed by atoms with Crippen LogP contribution in [0.25, 0.3) is 0 Å². The normalized spacial score (nSPS) is 23.9. The van der Waals surface area contributed by atoms with E-state index < -0.39 is 6.10 Å². The molecule has 1 N–H and O–H groups in total. The monoisotopic (exact) mass is 275 g/mol. The Labute approximate surface area is 121 Å². The zero-order valence-electron chi connectivity index (χ0n) is 12.7. The SMILES string of the molecule is Cc1ccc(OC(C)C(=O)NC2CCC(C)CC2)cc1.